The van der Waals surface area contributed by atoms with Gasteiger partial charge in [-0.2, -0.15) is 0 Å². The summed E-state index contributed by atoms with van der Waals surface area (Å²) in [5.74, 6) is -0.0489. The van der Waals surface area contributed by atoms with Crippen LogP contribution in [0.25, 0.3) is 16.5 Å². The quantitative estimate of drug-likeness (QED) is 0.218. The van der Waals surface area contributed by atoms with Crippen molar-refractivity contribution in [3.05, 3.63) is 114 Å². The molecule has 0 bridgehead atoms. The number of para-hydroxylation sites is 1. The van der Waals surface area contributed by atoms with Gasteiger partial charge in [-0.25, -0.2) is 0 Å². The van der Waals surface area contributed by atoms with Crippen molar-refractivity contribution in [2.45, 2.75) is 18.1 Å². The molecule has 0 saturated heterocycles. The first-order chi connectivity index (χ1) is 19.6. The highest BCUT2D eigenvalue weighted by atomic mass is 32.2. The van der Waals surface area contributed by atoms with Gasteiger partial charge in [0.05, 0.1) is 5.75 Å². The Morgan fingerprint density at radius 1 is 0.850 bits per heavy atom. The predicted molar refractivity (Wildman–Crippen MR) is 151 cm³/mol. The van der Waals surface area contributed by atoms with Gasteiger partial charge >= 0.3 is 0 Å². The molecule has 0 saturated carbocycles. The standard InChI is InChI=1S/C30H24N6O3S/c37-26(32-18-20-7-6-15-31-17-20)19-40-30-34-33-25(36(30)22-10-2-1-3-11-22)14-16-35-28(38)23-12-4-8-21-9-5-13-24(27(21)23)29(35)39/h1-13,15,17H,14,16,18-19H2,(H,32,37). The highest BCUT2D eigenvalue weighted by Gasteiger charge is 2.32. The Morgan fingerprint density at radius 3 is 2.30 bits per heavy atom. The lowest BCUT2D eigenvalue weighted by Crippen LogP contribution is -2.41. The van der Waals surface area contributed by atoms with E-state index in [0.29, 0.717) is 40.5 Å². The molecule has 3 heterocycles. The maximum Gasteiger partial charge on any atom is 0.261 e. The Kier molecular flexibility index (Phi) is 7.07. The van der Waals surface area contributed by atoms with Gasteiger partial charge in [0.25, 0.3) is 11.8 Å². The zero-order valence-corrected chi connectivity index (χ0v) is 22.2. The number of aromatic nitrogens is 4. The molecule has 40 heavy (non-hydrogen) atoms. The maximum atomic E-state index is 13.3. The molecule has 0 fully saturated rings. The number of nitrogens with zero attached hydrogens (tertiary/aromatic N) is 5. The molecule has 198 valence electrons. The molecule has 0 radical (unpaired) electrons. The smallest absolute Gasteiger partial charge is 0.261 e. The summed E-state index contributed by atoms with van der Waals surface area (Å²) in [6, 6.07) is 24.3. The first-order valence-electron chi connectivity index (χ1n) is 12.8. The third-order valence-electron chi connectivity index (χ3n) is 6.67. The molecule has 6 rings (SSSR count). The van der Waals surface area contributed by atoms with Crippen LogP contribution in [0.3, 0.4) is 0 Å². The lowest BCUT2D eigenvalue weighted by molar-refractivity contribution is -0.118. The van der Waals surface area contributed by atoms with Gasteiger partial charge in [-0.1, -0.05) is 60.3 Å². The van der Waals surface area contributed by atoms with Crippen LogP contribution in [0.5, 0.6) is 0 Å². The molecule has 9 nitrogen and oxygen atoms in total. The van der Waals surface area contributed by atoms with Crippen molar-refractivity contribution < 1.29 is 14.4 Å². The van der Waals surface area contributed by atoms with Gasteiger partial charge < -0.3 is 5.32 Å². The van der Waals surface area contributed by atoms with E-state index in [-0.39, 0.29) is 30.0 Å². The van der Waals surface area contributed by atoms with E-state index in [1.54, 1.807) is 24.5 Å². The van der Waals surface area contributed by atoms with E-state index in [2.05, 4.69) is 20.5 Å². The largest absolute Gasteiger partial charge is 0.351 e. The minimum absolute atomic E-state index is 0.142. The molecule has 1 aliphatic heterocycles. The molecule has 1 N–H and O–H groups in total. The predicted octanol–water partition coefficient (Wildman–Crippen LogP) is 4.06. The number of carbonyl (C=O) groups is 3. The summed E-state index contributed by atoms with van der Waals surface area (Å²) < 4.78 is 1.87. The molecule has 3 aromatic carbocycles. The number of thioether (sulfide) groups is 1. The van der Waals surface area contributed by atoms with Crippen LogP contribution in [-0.4, -0.2) is 54.7 Å². The van der Waals surface area contributed by atoms with Crippen LogP contribution in [0.15, 0.2) is 96.4 Å². The molecule has 5 aromatic rings. The average Bonchev–Trinajstić information content (AvgIpc) is 3.41. The van der Waals surface area contributed by atoms with Crippen LogP contribution in [0, 0.1) is 0 Å². The van der Waals surface area contributed by atoms with Crippen LogP contribution in [-0.2, 0) is 17.8 Å². The summed E-state index contributed by atoms with van der Waals surface area (Å²) >= 11 is 1.27. The molecule has 0 spiro atoms. The van der Waals surface area contributed by atoms with Gasteiger partial charge in [0.2, 0.25) is 5.91 Å². The van der Waals surface area contributed by atoms with Crippen molar-refractivity contribution in [2.24, 2.45) is 0 Å². The number of hydrogen-bond donors (Lipinski definition) is 1. The summed E-state index contributed by atoms with van der Waals surface area (Å²) in [6.45, 7) is 0.530. The van der Waals surface area contributed by atoms with Crippen molar-refractivity contribution in [1.82, 2.24) is 30.0 Å². The highest BCUT2D eigenvalue weighted by Crippen LogP contribution is 2.30. The number of nitrogens with one attached hydrogen (secondary N) is 1. The molecular formula is C30H24N6O3S. The zero-order valence-electron chi connectivity index (χ0n) is 21.4. The van der Waals surface area contributed by atoms with Gasteiger partial charge in [-0.05, 0) is 41.3 Å². The number of benzene rings is 3. The molecule has 0 unspecified atom stereocenters. The topological polar surface area (TPSA) is 110 Å². The average molecular weight is 549 g/mol. The lowest BCUT2D eigenvalue weighted by atomic mass is 9.94. The number of imide groups is 1. The second-order valence-corrected chi connectivity index (χ2v) is 10.2. The van der Waals surface area contributed by atoms with Gasteiger partial charge in [-0.15, -0.1) is 10.2 Å². The van der Waals surface area contributed by atoms with Gasteiger partial charge in [0.1, 0.15) is 5.82 Å². The van der Waals surface area contributed by atoms with Crippen LogP contribution in [0.2, 0.25) is 0 Å². The summed E-state index contributed by atoms with van der Waals surface area (Å²) in [5, 5.41) is 13.7. The minimum atomic E-state index is -0.319. The van der Waals surface area contributed by atoms with Crippen molar-refractivity contribution in [3.8, 4) is 5.69 Å². The molecule has 0 atom stereocenters. The summed E-state index contributed by atoms with van der Waals surface area (Å²) in [5.41, 5.74) is 2.78. The number of rotatable bonds is 9. The minimum Gasteiger partial charge on any atom is -0.351 e. The van der Waals surface area contributed by atoms with Crippen LogP contribution in [0.1, 0.15) is 32.1 Å². The second-order valence-electron chi connectivity index (χ2n) is 9.22. The summed E-state index contributed by atoms with van der Waals surface area (Å²) in [6.07, 6.45) is 3.69. The van der Waals surface area contributed by atoms with Crippen LogP contribution in [0.4, 0.5) is 0 Å². The first kappa shape index (κ1) is 25.4. The van der Waals surface area contributed by atoms with E-state index in [1.165, 1.54) is 16.7 Å². The van der Waals surface area contributed by atoms with E-state index >= 15 is 0 Å². The number of carbonyl (C=O) groups excluding carboxylic acids is 3. The molecule has 0 aliphatic carbocycles. The van der Waals surface area contributed by atoms with Crippen molar-refractivity contribution >= 4 is 40.3 Å². The van der Waals surface area contributed by atoms with Crippen molar-refractivity contribution in [1.29, 1.82) is 0 Å². The summed E-state index contributed by atoms with van der Waals surface area (Å²) in [7, 11) is 0. The maximum absolute atomic E-state index is 13.3. The van der Waals surface area contributed by atoms with E-state index < -0.39 is 0 Å². The Balaban J connectivity index is 1.20. The normalized spacial score (nSPS) is 12.7. The molecule has 2 aromatic heterocycles. The Hall–Kier alpha value is -4.83. The van der Waals surface area contributed by atoms with Crippen molar-refractivity contribution in [3.63, 3.8) is 0 Å². The SMILES string of the molecule is O=C(CSc1nnc(CCN2C(=O)c3cccc4cccc(c34)C2=O)n1-c1ccccc1)NCc1cccnc1. The van der Waals surface area contributed by atoms with Crippen molar-refractivity contribution in [2.75, 3.05) is 12.3 Å². The molecule has 1 aliphatic rings. The van der Waals surface area contributed by atoms with E-state index in [4.69, 9.17) is 0 Å². The Morgan fingerprint density at radius 2 is 1.60 bits per heavy atom. The zero-order chi connectivity index (χ0) is 27.5. The Labute approximate surface area is 234 Å². The van der Waals surface area contributed by atoms with Crippen LogP contribution >= 0.6 is 11.8 Å². The third kappa shape index (κ3) is 4.96. The lowest BCUT2D eigenvalue weighted by Gasteiger charge is -2.27. The Bertz CT molecular complexity index is 1670. The van der Waals surface area contributed by atoms with E-state index in [9.17, 15) is 14.4 Å². The van der Waals surface area contributed by atoms with Crippen LogP contribution < -0.4 is 5.32 Å². The number of pyridine rings is 1. The third-order valence-corrected chi connectivity index (χ3v) is 7.60. The first-order valence-corrected chi connectivity index (χ1v) is 13.7. The fraction of sp³-hybridized carbons (Fsp3) is 0.133. The van der Waals surface area contributed by atoms with Gasteiger partial charge in [0, 0.05) is 54.1 Å². The fourth-order valence-electron chi connectivity index (χ4n) is 4.77. The second kappa shape index (κ2) is 11.1. The molecular weight excluding hydrogens is 524 g/mol. The number of amides is 3. The van der Waals surface area contributed by atoms with E-state index in [0.717, 1.165) is 16.6 Å². The number of hydrogen-bond acceptors (Lipinski definition) is 7. The summed E-state index contributed by atoms with van der Waals surface area (Å²) in [4.78, 5) is 44.6. The monoisotopic (exact) mass is 548 g/mol. The molecule has 3 amide bonds. The van der Waals surface area contributed by atoms with E-state index in [1.807, 2.05) is 71.3 Å². The highest BCUT2D eigenvalue weighted by molar-refractivity contribution is 7.99. The fourth-order valence-corrected chi connectivity index (χ4v) is 5.57. The van der Waals surface area contributed by atoms with Gasteiger partial charge in [-0.3, -0.25) is 28.8 Å². The molecule has 10 heteroatoms. The van der Waals surface area contributed by atoms with Gasteiger partial charge in [0.15, 0.2) is 5.16 Å².